The highest BCUT2D eigenvalue weighted by Gasteiger charge is 2.32. The third kappa shape index (κ3) is 6.90. The van der Waals surface area contributed by atoms with Crippen LogP contribution < -0.4 is 9.47 Å². The second-order valence-corrected chi connectivity index (χ2v) is 10.6. The maximum Gasteiger partial charge on any atom is 0.314 e. The Morgan fingerprint density at radius 2 is 1.45 bits per heavy atom. The molecule has 7 heteroatoms. The van der Waals surface area contributed by atoms with Gasteiger partial charge in [0.15, 0.2) is 23.2 Å². The largest absolute Gasteiger partial charge is 0.491 e. The van der Waals surface area contributed by atoms with Crippen LogP contribution in [-0.2, 0) is 9.53 Å². The quantitative estimate of drug-likeness (QED) is 0.176. The Kier molecular flexibility index (Phi) is 10.1. The molecule has 2 saturated carbocycles. The van der Waals surface area contributed by atoms with Gasteiger partial charge in [0.1, 0.15) is 5.75 Å². The number of halogens is 3. The molecule has 0 aromatic heterocycles. The first kappa shape index (κ1) is 28.5. The Hall–Kier alpha value is -2.54. The van der Waals surface area contributed by atoms with Crippen LogP contribution in [0.5, 0.6) is 11.5 Å². The number of ether oxygens (including phenoxy) is 3. The van der Waals surface area contributed by atoms with E-state index >= 15 is 8.78 Å². The summed E-state index contributed by atoms with van der Waals surface area (Å²) in [5.41, 5.74) is 0.862. The molecule has 4 nitrogen and oxygen atoms in total. The number of rotatable bonds is 10. The second-order valence-electron chi connectivity index (χ2n) is 10.6. The lowest BCUT2D eigenvalue weighted by atomic mass is 9.77. The number of benzene rings is 2. The van der Waals surface area contributed by atoms with E-state index in [1.807, 2.05) is 0 Å². The average Bonchev–Trinajstić information content (AvgIpc) is 2.92. The lowest BCUT2D eigenvalue weighted by Crippen LogP contribution is -2.25. The lowest BCUT2D eigenvalue weighted by Gasteiger charge is -2.30. The molecule has 2 aromatic carbocycles. The van der Waals surface area contributed by atoms with Crippen LogP contribution in [0.2, 0.25) is 0 Å². The van der Waals surface area contributed by atoms with Crippen LogP contribution in [0.25, 0.3) is 0 Å². The fourth-order valence-electron chi connectivity index (χ4n) is 5.80. The molecule has 2 aliphatic rings. The highest BCUT2D eigenvalue weighted by molar-refractivity contribution is 5.75. The van der Waals surface area contributed by atoms with E-state index < -0.39 is 23.4 Å². The van der Waals surface area contributed by atoms with Crippen molar-refractivity contribution < 1.29 is 32.2 Å². The van der Waals surface area contributed by atoms with Gasteiger partial charge in [0.2, 0.25) is 0 Å². The van der Waals surface area contributed by atoms with Crippen molar-refractivity contribution in [2.45, 2.75) is 96.0 Å². The summed E-state index contributed by atoms with van der Waals surface area (Å²) in [5.74, 6) is -2.74. The van der Waals surface area contributed by atoms with Gasteiger partial charge in [-0.2, -0.15) is 0 Å². The smallest absolute Gasteiger partial charge is 0.314 e. The van der Waals surface area contributed by atoms with E-state index in [1.54, 1.807) is 19.1 Å². The van der Waals surface area contributed by atoms with Crippen LogP contribution in [-0.4, -0.2) is 25.3 Å². The molecule has 0 spiro atoms. The van der Waals surface area contributed by atoms with E-state index in [9.17, 15) is 9.18 Å². The van der Waals surface area contributed by atoms with E-state index in [-0.39, 0.29) is 35.4 Å². The van der Waals surface area contributed by atoms with Gasteiger partial charge in [-0.1, -0.05) is 25.5 Å². The first-order chi connectivity index (χ1) is 18.4. The SMILES string of the molecule is CCCCOC1CCC(c2ccc(C3CCC(C(=O)Oc4ccc(OCC)c(F)c4)CC3)c(F)c2F)CC1. The summed E-state index contributed by atoms with van der Waals surface area (Å²) in [6, 6.07) is 7.58. The molecule has 38 heavy (non-hydrogen) atoms. The topological polar surface area (TPSA) is 44.8 Å². The first-order valence-corrected chi connectivity index (χ1v) is 14.1. The summed E-state index contributed by atoms with van der Waals surface area (Å²) in [6.45, 7) is 5.00. The molecule has 2 aromatic rings. The third-order valence-electron chi connectivity index (χ3n) is 8.03. The fourth-order valence-corrected chi connectivity index (χ4v) is 5.80. The maximum absolute atomic E-state index is 15.2. The van der Waals surface area contributed by atoms with E-state index in [0.717, 1.165) is 51.2 Å². The van der Waals surface area contributed by atoms with Crippen LogP contribution in [0.4, 0.5) is 13.2 Å². The summed E-state index contributed by atoms with van der Waals surface area (Å²) in [4.78, 5) is 12.7. The number of hydrogen-bond donors (Lipinski definition) is 0. The average molecular weight is 533 g/mol. The van der Waals surface area contributed by atoms with Crippen LogP contribution in [0, 0.1) is 23.4 Å². The van der Waals surface area contributed by atoms with E-state index in [4.69, 9.17) is 14.2 Å². The van der Waals surface area contributed by atoms with Crippen molar-refractivity contribution >= 4 is 5.97 Å². The molecule has 208 valence electrons. The Balaban J connectivity index is 1.30. The predicted octanol–water partition coefficient (Wildman–Crippen LogP) is 8.22. The van der Waals surface area contributed by atoms with Crippen molar-refractivity contribution in [1.29, 1.82) is 0 Å². The van der Waals surface area contributed by atoms with Crippen molar-refractivity contribution in [2.24, 2.45) is 5.92 Å². The van der Waals surface area contributed by atoms with Crippen molar-refractivity contribution in [3.8, 4) is 11.5 Å². The summed E-state index contributed by atoms with van der Waals surface area (Å²) >= 11 is 0. The summed E-state index contributed by atoms with van der Waals surface area (Å²) in [5, 5.41) is 0. The molecule has 0 amide bonds. The molecular weight excluding hydrogens is 493 g/mol. The van der Waals surface area contributed by atoms with Crippen LogP contribution in [0.15, 0.2) is 30.3 Å². The van der Waals surface area contributed by atoms with Crippen molar-refractivity contribution in [3.63, 3.8) is 0 Å². The molecule has 0 aliphatic heterocycles. The molecule has 0 N–H and O–H groups in total. The summed E-state index contributed by atoms with van der Waals surface area (Å²) in [7, 11) is 0. The molecule has 0 saturated heterocycles. The molecule has 2 aliphatic carbocycles. The minimum Gasteiger partial charge on any atom is -0.491 e. The standard InChI is InChI=1S/C31H39F3O4/c1-3-5-18-37-23-12-10-21(11-13-23)26-16-15-25(29(33)30(26)34)20-6-8-22(9-7-20)31(35)38-24-14-17-28(36-4-2)27(32)19-24/h14-17,19-23H,3-13,18H2,1-2H3. The molecule has 0 radical (unpaired) electrons. The van der Waals surface area contributed by atoms with Gasteiger partial charge in [-0.05, 0) is 99.8 Å². The molecule has 2 fully saturated rings. The molecular formula is C31H39F3O4. The zero-order valence-electron chi connectivity index (χ0n) is 22.4. The van der Waals surface area contributed by atoms with Gasteiger partial charge in [-0.25, -0.2) is 13.2 Å². The van der Waals surface area contributed by atoms with Gasteiger partial charge in [0.05, 0.1) is 18.6 Å². The van der Waals surface area contributed by atoms with Crippen LogP contribution >= 0.6 is 0 Å². The Morgan fingerprint density at radius 3 is 2.00 bits per heavy atom. The van der Waals surface area contributed by atoms with Gasteiger partial charge in [-0.3, -0.25) is 4.79 Å². The minimum absolute atomic E-state index is 0.0162. The summed E-state index contributed by atoms with van der Waals surface area (Å²) < 4.78 is 60.9. The number of carbonyl (C=O) groups is 1. The lowest BCUT2D eigenvalue weighted by molar-refractivity contribution is -0.140. The van der Waals surface area contributed by atoms with Crippen molar-refractivity contribution in [1.82, 2.24) is 0 Å². The fraction of sp³-hybridized carbons (Fsp3) is 0.581. The highest BCUT2D eigenvalue weighted by atomic mass is 19.2. The molecule has 0 unspecified atom stereocenters. The monoisotopic (exact) mass is 532 g/mol. The Labute approximate surface area is 223 Å². The number of carbonyl (C=O) groups excluding carboxylic acids is 1. The first-order valence-electron chi connectivity index (χ1n) is 14.1. The highest BCUT2D eigenvalue weighted by Crippen LogP contribution is 2.41. The minimum atomic E-state index is -0.750. The van der Waals surface area contributed by atoms with Gasteiger partial charge < -0.3 is 14.2 Å². The van der Waals surface area contributed by atoms with Gasteiger partial charge in [0.25, 0.3) is 0 Å². The maximum atomic E-state index is 15.2. The second kappa shape index (κ2) is 13.5. The zero-order chi connectivity index (χ0) is 27.1. The van der Waals surface area contributed by atoms with Gasteiger partial charge >= 0.3 is 5.97 Å². The molecule has 0 atom stereocenters. The Morgan fingerprint density at radius 1 is 0.842 bits per heavy atom. The molecule has 4 rings (SSSR count). The van der Waals surface area contributed by atoms with Gasteiger partial charge in [-0.15, -0.1) is 0 Å². The number of esters is 1. The van der Waals surface area contributed by atoms with Crippen LogP contribution in [0.3, 0.4) is 0 Å². The predicted molar refractivity (Wildman–Crippen MR) is 140 cm³/mol. The number of hydrogen-bond acceptors (Lipinski definition) is 4. The summed E-state index contributed by atoms with van der Waals surface area (Å²) in [6.07, 6.45) is 7.87. The normalized spacial score (nSPS) is 23.7. The Bertz CT molecular complexity index is 1070. The van der Waals surface area contributed by atoms with Crippen LogP contribution in [0.1, 0.15) is 101 Å². The van der Waals surface area contributed by atoms with E-state index in [1.165, 1.54) is 12.1 Å². The molecule has 0 bridgehead atoms. The van der Waals surface area contributed by atoms with E-state index in [2.05, 4.69) is 6.92 Å². The van der Waals surface area contributed by atoms with Crippen molar-refractivity contribution in [3.05, 3.63) is 58.9 Å². The zero-order valence-corrected chi connectivity index (χ0v) is 22.4. The number of unbranched alkanes of at least 4 members (excludes halogenated alkanes) is 1. The van der Waals surface area contributed by atoms with Crippen molar-refractivity contribution in [2.75, 3.05) is 13.2 Å². The molecule has 0 heterocycles. The van der Waals surface area contributed by atoms with Gasteiger partial charge in [0, 0.05) is 12.7 Å². The third-order valence-corrected chi connectivity index (χ3v) is 8.03. The van der Waals surface area contributed by atoms with E-state index in [0.29, 0.717) is 43.4 Å².